The molecular weight excluding hydrogens is 485 g/mol. The number of rotatable bonds is 13. The number of nitrogens with one attached hydrogen (secondary N) is 2. The van der Waals surface area contributed by atoms with Crippen molar-refractivity contribution < 1.29 is 23.9 Å². The first-order valence-corrected chi connectivity index (χ1v) is 11.4. The minimum absolute atomic E-state index is 0.0589. The van der Waals surface area contributed by atoms with Crippen LogP contribution in [-0.2, 0) is 22.6 Å². The number of carbonyl (C=O) groups is 3. The van der Waals surface area contributed by atoms with Crippen molar-refractivity contribution in [1.82, 2.24) is 25.6 Å². The van der Waals surface area contributed by atoms with Gasteiger partial charge in [-0.2, -0.15) is 0 Å². The Hall–Kier alpha value is -3.11. The molecule has 1 aromatic heterocycles. The number of hydrogen-bond acceptors (Lipinski definition) is 7. The lowest BCUT2D eigenvalue weighted by Crippen LogP contribution is -2.30. The maximum absolute atomic E-state index is 12.3. The number of aryl methyl sites for hydroxylation is 1. The van der Waals surface area contributed by atoms with Gasteiger partial charge >= 0.3 is 6.09 Å². The lowest BCUT2D eigenvalue weighted by atomic mass is 10.0. The molecule has 0 spiro atoms. The van der Waals surface area contributed by atoms with E-state index in [-0.39, 0.29) is 46.2 Å². The van der Waals surface area contributed by atoms with Gasteiger partial charge in [0.1, 0.15) is 16.5 Å². The Kier molecular flexibility index (Phi) is 10.8. The number of benzene rings is 1. The number of halogens is 2. The Morgan fingerprint density at radius 3 is 2.62 bits per heavy atom. The molecule has 1 heterocycles. The molecule has 10 nitrogen and oxygen atoms in total. The van der Waals surface area contributed by atoms with Crippen molar-refractivity contribution in [2.45, 2.75) is 39.8 Å². The molecule has 0 aliphatic heterocycles. The lowest BCUT2D eigenvalue weighted by molar-refractivity contribution is -0.123. The van der Waals surface area contributed by atoms with Gasteiger partial charge in [0.15, 0.2) is 12.4 Å². The van der Waals surface area contributed by atoms with Crippen molar-refractivity contribution in [1.29, 1.82) is 0 Å². The van der Waals surface area contributed by atoms with Crippen molar-refractivity contribution in [3.63, 3.8) is 0 Å². The molecule has 0 bridgehead atoms. The van der Waals surface area contributed by atoms with E-state index in [1.165, 1.54) is 12.1 Å². The lowest BCUT2D eigenvalue weighted by Gasteiger charge is -2.12. The summed E-state index contributed by atoms with van der Waals surface area (Å²) in [6, 6.07) is 3.00. The number of allylic oxidation sites excluding steroid dienone is 1. The van der Waals surface area contributed by atoms with Crippen molar-refractivity contribution in [2.24, 2.45) is 0 Å². The van der Waals surface area contributed by atoms with E-state index in [2.05, 4.69) is 27.5 Å². The maximum atomic E-state index is 12.3. The minimum atomic E-state index is -0.516. The Morgan fingerprint density at radius 1 is 1.15 bits per heavy atom. The molecule has 34 heavy (non-hydrogen) atoms. The first-order chi connectivity index (χ1) is 16.3. The fourth-order valence-electron chi connectivity index (χ4n) is 2.71. The Bertz CT molecular complexity index is 1040. The molecule has 0 radical (unpaired) electrons. The molecule has 0 saturated heterocycles. The number of ether oxygens (including phenoxy) is 2. The number of amides is 2. The van der Waals surface area contributed by atoms with E-state index in [1.54, 1.807) is 17.8 Å². The summed E-state index contributed by atoms with van der Waals surface area (Å²) in [5.41, 5.74) is 1.25. The third-order valence-corrected chi connectivity index (χ3v) is 5.42. The average Bonchev–Trinajstić information content (AvgIpc) is 3.28. The van der Waals surface area contributed by atoms with Gasteiger partial charge in [-0.15, -0.1) is 5.10 Å². The zero-order chi connectivity index (χ0) is 25.1. The predicted molar refractivity (Wildman–Crippen MR) is 127 cm³/mol. The SMILES string of the molecule is C=C(CC)C(=O)c1ccc(OCC(=O)NCCCn2cc(CNC(=O)OCC)nn2)c(Cl)c1Cl. The van der Waals surface area contributed by atoms with Gasteiger partial charge in [0.25, 0.3) is 5.91 Å². The van der Waals surface area contributed by atoms with Gasteiger partial charge in [0, 0.05) is 18.7 Å². The van der Waals surface area contributed by atoms with Gasteiger partial charge < -0.3 is 20.1 Å². The zero-order valence-electron chi connectivity index (χ0n) is 19.0. The number of Topliss-reactive ketones (excluding diaryl/α,β-unsaturated/α-hetero) is 1. The van der Waals surface area contributed by atoms with E-state index in [4.69, 9.17) is 32.7 Å². The molecule has 184 valence electrons. The summed E-state index contributed by atoms with van der Waals surface area (Å²) in [6.45, 7) is 8.40. The van der Waals surface area contributed by atoms with Crippen LogP contribution in [0.3, 0.4) is 0 Å². The Labute approximate surface area is 207 Å². The highest BCUT2D eigenvalue weighted by Crippen LogP contribution is 2.35. The molecule has 0 unspecified atom stereocenters. The number of carbonyl (C=O) groups excluding carboxylic acids is 3. The second-order valence-electron chi connectivity index (χ2n) is 7.06. The highest BCUT2D eigenvalue weighted by Gasteiger charge is 2.18. The molecule has 0 aliphatic carbocycles. The van der Waals surface area contributed by atoms with Crippen LogP contribution >= 0.6 is 23.2 Å². The van der Waals surface area contributed by atoms with E-state index in [9.17, 15) is 14.4 Å². The van der Waals surface area contributed by atoms with Gasteiger partial charge in [-0.05, 0) is 37.5 Å². The van der Waals surface area contributed by atoms with Crippen LogP contribution in [0.2, 0.25) is 10.0 Å². The molecule has 0 fully saturated rings. The third kappa shape index (κ3) is 8.03. The molecule has 2 N–H and O–H groups in total. The summed E-state index contributed by atoms with van der Waals surface area (Å²) in [5.74, 6) is -0.426. The third-order valence-electron chi connectivity index (χ3n) is 4.56. The number of nitrogens with zero attached hydrogens (tertiary/aromatic N) is 3. The smallest absolute Gasteiger partial charge is 0.407 e. The Balaban J connectivity index is 1.73. The van der Waals surface area contributed by atoms with Crippen molar-refractivity contribution >= 4 is 41.0 Å². The van der Waals surface area contributed by atoms with Crippen LogP contribution in [0.1, 0.15) is 42.7 Å². The quantitative estimate of drug-likeness (QED) is 0.239. The summed E-state index contributed by atoms with van der Waals surface area (Å²) < 4.78 is 11.8. The number of hydrogen-bond donors (Lipinski definition) is 2. The standard InChI is InChI=1S/C22H27Cl2N5O5/c1-4-14(3)21(31)16-7-8-17(20(24)19(16)23)34-13-18(30)25-9-6-10-29-12-15(27-28-29)11-26-22(32)33-5-2/h7-8,12H,3-6,9-11,13H2,1-2H3,(H,25,30)(H,26,32). The predicted octanol–water partition coefficient (Wildman–Crippen LogP) is 3.57. The van der Waals surface area contributed by atoms with E-state index >= 15 is 0 Å². The van der Waals surface area contributed by atoms with Gasteiger partial charge in [-0.25, -0.2) is 4.79 Å². The van der Waals surface area contributed by atoms with E-state index in [0.29, 0.717) is 43.8 Å². The fraction of sp³-hybridized carbons (Fsp3) is 0.409. The normalized spacial score (nSPS) is 10.5. The largest absolute Gasteiger partial charge is 0.482 e. The first-order valence-electron chi connectivity index (χ1n) is 10.7. The van der Waals surface area contributed by atoms with Crippen molar-refractivity contribution in [3.05, 3.63) is 51.8 Å². The second-order valence-corrected chi connectivity index (χ2v) is 7.82. The zero-order valence-corrected chi connectivity index (χ0v) is 20.5. The average molecular weight is 512 g/mol. The van der Waals surface area contributed by atoms with Crippen LogP contribution in [0.15, 0.2) is 30.5 Å². The molecular formula is C22H27Cl2N5O5. The Morgan fingerprint density at radius 2 is 1.91 bits per heavy atom. The van der Waals surface area contributed by atoms with Gasteiger partial charge in [0.2, 0.25) is 0 Å². The van der Waals surface area contributed by atoms with E-state index in [1.807, 2.05) is 6.92 Å². The summed E-state index contributed by atoms with van der Waals surface area (Å²) in [7, 11) is 0. The van der Waals surface area contributed by atoms with Crippen LogP contribution in [-0.4, -0.2) is 52.5 Å². The highest BCUT2D eigenvalue weighted by molar-refractivity contribution is 6.45. The number of ketones is 1. The monoisotopic (exact) mass is 511 g/mol. The molecule has 2 amide bonds. The van der Waals surface area contributed by atoms with Crippen LogP contribution in [0.25, 0.3) is 0 Å². The topological polar surface area (TPSA) is 124 Å². The van der Waals surface area contributed by atoms with E-state index < -0.39 is 6.09 Å². The van der Waals surface area contributed by atoms with Gasteiger partial charge in [0.05, 0.1) is 24.4 Å². The summed E-state index contributed by atoms with van der Waals surface area (Å²) in [6.07, 6.45) is 2.28. The molecule has 0 saturated carbocycles. The van der Waals surface area contributed by atoms with Gasteiger partial charge in [-0.3, -0.25) is 14.3 Å². The summed E-state index contributed by atoms with van der Waals surface area (Å²) in [4.78, 5) is 35.6. The number of alkyl carbamates (subject to hydrolysis) is 1. The molecule has 12 heteroatoms. The molecule has 0 atom stereocenters. The molecule has 2 aromatic rings. The highest BCUT2D eigenvalue weighted by atomic mass is 35.5. The molecule has 1 aromatic carbocycles. The fourth-order valence-corrected chi connectivity index (χ4v) is 3.17. The van der Waals surface area contributed by atoms with Crippen molar-refractivity contribution in [2.75, 3.05) is 19.8 Å². The maximum Gasteiger partial charge on any atom is 0.407 e. The number of aromatic nitrogens is 3. The van der Waals surface area contributed by atoms with Crippen molar-refractivity contribution in [3.8, 4) is 5.75 Å². The van der Waals surface area contributed by atoms with Crippen LogP contribution in [0, 0.1) is 0 Å². The summed E-state index contributed by atoms with van der Waals surface area (Å²) >= 11 is 12.4. The first kappa shape index (κ1) is 27.1. The van der Waals surface area contributed by atoms with Crippen LogP contribution in [0.5, 0.6) is 5.75 Å². The molecule has 0 aliphatic rings. The minimum Gasteiger partial charge on any atom is -0.482 e. The van der Waals surface area contributed by atoms with Crippen LogP contribution in [0.4, 0.5) is 4.79 Å². The molecule has 2 rings (SSSR count). The second kappa shape index (κ2) is 13.6. The van der Waals surface area contributed by atoms with Gasteiger partial charge in [-0.1, -0.05) is 41.9 Å². The summed E-state index contributed by atoms with van der Waals surface area (Å²) in [5, 5.41) is 13.3. The van der Waals surface area contributed by atoms with E-state index in [0.717, 1.165) is 0 Å². The van der Waals surface area contributed by atoms with Crippen LogP contribution < -0.4 is 15.4 Å².